The van der Waals surface area contributed by atoms with Crippen LogP contribution in [0.1, 0.15) is 33.3 Å². The zero-order valence-corrected chi connectivity index (χ0v) is 13.1. The fourth-order valence-corrected chi connectivity index (χ4v) is 2.62. The van der Waals surface area contributed by atoms with Crippen LogP contribution in [0.4, 0.5) is 5.69 Å². The molecule has 1 amide bonds. The molecule has 0 spiro atoms. The number of nitrogens with one attached hydrogen (secondary N) is 2. The molecule has 0 saturated carbocycles. The molecule has 0 heterocycles. The summed E-state index contributed by atoms with van der Waals surface area (Å²) in [6.07, 6.45) is 0. The Bertz CT molecular complexity index is 603. The lowest BCUT2D eigenvalue weighted by Crippen LogP contribution is -2.33. The first kappa shape index (κ1) is 16.6. The van der Waals surface area contributed by atoms with Gasteiger partial charge in [-0.1, -0.05) is 11.0 Å². The molecule has 6 nitrogen and oxygen atoms in total. The SMILES string of the molecule is CC(=O)Nc1ccc(C)c(S(=O)(=O)NOC(C)(C)C)c1. The van der Waals surface area contributed by atoms with Crippen molar-refractivity contribution in [3.8, 4) is 0 Å². The maximum absolute atomic E-state index is 12.2. The van der Waals surface area contributed by atoms with E-state index in [0.717, 1.165) is 0 Å². The van der Waals surface area contributed by atoms with Crippen LogP contribution in [0, 0.1) is 6.92 Å². The second-order valence-electron chi connectivity index (χ2n) is 5.46. The molecule has 0 bridgehead atoms. The van der Waals surface area contributed by atoms with E-state index < -0.39 is 15.6 Å². The highest BCUT2D eigenvalue weighted by Crippen LogP contribution is 2.20. The summed E-state index contributed by atoms with van der Waals surface area (Å²) in [7, 11) is -3.81. The van der Waals surface area contributed by atoms with Crippen LogP contribution in [0.25, 0.3) is 0 Å². The first-order valence-electron chi connectivity index (χ1n) is 6.09. The Morgan fingerprint density at radius 2 is 1.85 bits per heavy atom. The van der Waals surface area contributed by atoms with Crippen LogP contribution in [0.5, 0.6) is 0 Å². The zero-order chi connectivity index (χ0) is 15.6. The highest BCUT2D eigenvalue weighted by molar-refractivity contribution is 7.89. The van der Waals surface area contributed by atoms with Crippen molar-refractivity contribution in [3.63, 3.8) is 0 Å². The van der Waals surface area contributed by atoms with E-state index in [9.17, 15) is 13.2 Å². The Morgan fingerprint density at radius 3 is 2.35 bits per heavy atom. The second-order valence-corrected chi connectivity index (χ2v) is 7.08. The Labute approximate surface area is 119 Å². The molecule has 0 aliphatic rings. The fraction of sp³-hybridized carbons (Fsp3) is 0.462. The minimum atomic E-state index is -3.81. The summed E-state index contributed by atoms with van der Waals surface area (Å²) < 4.78 is 24.4. The van der Waals surface area contributed by atoms with Gasteiger partial charge in [-0.25, -0.2) is 8.42 Å². The first-order valence-corrected chi connectivity index (χ1v) is 7.58. The lowest BCUT2D eigenvalue weighted by atomic mass is 10.2. The number of anilines is 1. The number of hydrogen-bond donors (Lipinski definition) is 2. The number of amides is 1. The lowest BCUT2D eigenvalue weighted by Gasteiger charge is -2.20. The second kappa shape index (κ2) is 5.90. The van der Waals surface area contributed by atoms with Gasteiger partial charge in [0.15, 0.2) is 0 Å². The molecule has 1 rings (SSSR count). The van der Waals surface area contributed by atoms with Gasteiger partial charge in [-0.15, -0.1) is 0 Å². The molecular formula is C13H20N2O4S. The molecule has 7 heteroatoms. The van der Waals surface area contributed by atoms with E-state index in [-0.39, 0.29) is 10.8 Å². The molecule has 1 aromatic rings. The number of hydrogen-bond acceptors (Lipinski definition) is 4. The van der Waals surface area contributed by atoms with Crippen molar-refractivity contribution in [2.45, 2.75) is 45.1 Å². The standard InChI is InChI=1S/C13H20N2O4S/c1-9-6-7-11(14-10(2)16)8-12(9)20(17,18)15-19-13(3,4)5/h6-8,15H,1-5H3,(H,14,16). The van der Waals surface area contributed by atoms with Crippen LogP contribution in [-0.2, 0) is 19.7 Å². The number of aryl methyl sites for hydroxylation is 1. The maximum Gasteiger partial charge on any atom is 0.262 e. The van der Waals surface area contributed by atoms with E-state index in [1.165, 1.54) is 13.0 Å². The minimum Gasteiger partial charge on any atom is -0.326 e. The maximum atomic E-state index is 12.2. The van der Waals surface area contributed by atoms with Gasteiger partial charge < -0.3 is 5.32 Å². The van der Waals surface area contributed by atoms with Crippen molar-refractivity contribution >= 4 is 21.6 Å². The number of carbonyl (C=O) groups is 1. The van der Waals surface area contributed by atoms with Crippen molar-refractivity contribution in [1.82, 2.24) is 4.89 Å². The molecule has 112 valence electrons. The fourth-order valence-electron chi connectivity index (χ4n) is 1.40. The van der Waals surface area contributed by atoms with Gasteiger partial charge in [-0.05, 0) is 45.4 Å². The molecular weight excluding hydrogens is 280 g/mol. The van der Waals surface area contributed by atoms with Gasteiger partial charge in [0.25, 0.3) is 10.0 Å². The Morgan fingerprint density at radius 1 is 1.25 bits per heavy atom. The van der Waals surface area contributed by atoms with Crippen molar-refractivity contribution < 1.29 is 18.0 Å². The highest BCUT2D eigenvalue weighted by Gasteiger charge is 2.21. The summed E-state index contributed by atoms with van der Waals surface area (Å²) in [6.45, 7) is 8.22. The normalized spacial score (nSPS) is 12.2. The van der Waals surface area contributed by atoms with E-state index in [0.29, 0.717) is 11.3 Å². The van der Waals surface area contributed by atoms with Gasteiger partial charge in [0.05, 0.1) is 10.5 Å². The van der Waals surface area contributed by atoms with Crippen molar-refractivity contribution in [2.75, 3.05) is 5.32 Å². The Balaban J connectivity index is 3.07. The quantitative estimate of drug-likeness (QED) is 0.833. The van der Waals surface area contributed by atoms with Crippen molar-refractivity contribution in [3.05, 3.63) is 23.8 Å². The lowest BCUT2D eigenvalue weighted by molar-refractivity contribution is -0.114. The number of sulfonamides is 1. The summed E-state index contributed by atoms with van der Waals surface area (Å²) in [4.78, 5) is 18.3. The number of carbonyl (C=O) groups excluding carboxylic acids is 1. The Kier molecular flexibility index (Phi) is 4.90. The highest BCUT2D eigenvalue weighted by atomic mass is 32.2. The Hall–Kier alpha value is -1.44. The molecule has 0 aliphatic heterocycles. The largest absolute Gasteiger partial charge is 0.326 e. The predicted molar refractivity (Wildman–Crippen MR) is 76.6 cm³/mol. The summed E-state index contributed by atoms with van der Waals surface area (Å²) in [5, 5.41) is 2.54. The van der Waals surface area contributed by atoms with Crippen LogP contribution in [0.3, 0.4) is 0 Å². The summed E-state index contributed by atoms with van der Waals surface area (Å²) >= 11 is 0. The summed E-state index contributed by atoms with van der Waals surface area (Å²) in [5.41, 5.74) is 0.333. The molecule has 0 unspecified atom stereocenters. The molecule has 0 aromatic heterocycles. The van der Waals surface area contributed by atoms with E-state index in [1.54, 1.807) is 39.8 Å². The molecule has 0 atom stereocenters. The topological polar surface area (TPSA) is 84.5 Å². The number of benzene rings is 1. The molecule has 0 saturated heterocycles. The van der Waals surface area contributed by atoms with E-state index in [1.807, 2.05) is 0 Å². The van der Waals surface area contributed by atoms with Gasteiger partial charge in [-0.2, -0.15) is 0 Å². The molecule has 2 N–H and O–H groups in total. The molecule has 20 heavy (non-hydrogen) atoms. The van der Waals surface area contributed by atoms with Gasteiger partial charge in [0.1, 0.15) is 0 Å². The average Bonchev–Trinajstić information content (AvgIpc) is 2.27. The molecule has 0 aliphatic carbocycles. The monoisotopic (exact) mass is 300 g/mol. The van der Waals surface area contributed by atoms with E-state index in [4.69, 9.17) is 4.84 Å². The van der Waals surface area contributed by atoms with Crippen molar-refractivity contribution in [2.24, 2.45) is 0 Å². The summed E-state index contributed by atoms with van der Waals surface area (Å²) in [5.74, 6) is -0.267. The smallest absolute Gasteiger partial charge is 0.262 e. The third-order valence-electron chi connectivity index (χ3n) is 2.26. The molecule has 0 fully saturated rings. The van der Waals surface area contributed by atoms with E-state index >= 15 is 0 Å². The third-order valence-corrected chi connectivity index (χ3v) is 3.58. The summed E-state index contributed by atoms with van der Waals surface area (Å²) in [6, 6.07) is 4.66. The molecule has 0 radical (unpaired) electrons. The van der Waals surface area contributed by atoms with Crippen LogP contribution in [-0.4, -0.2) is 19.9 Å². The van der Waals surface area contributed by atoms with E-state index in [2.05, 4.69) is 10.2 Å². The van der Waals surface area contributed by atoms with Crippen LogP contribution in [0.15, 0.2) is 23.1 Å². The average molecular weight is 300 g/mol. The third kappa shape index (κ3) is 4.92. The molecule has 1 aromatic carbocycles. The van der Waals surface area contributed by atoms with Gasteiger partial charge in [-0.3, -0.25) is 9.63 Å². The van der Waals surface area contributed by atoms with Gasteiger partial charge >= 0.3 is 0 Å². The first-order chi connectivity index (χ1) is 9.01. The van der Waals surface area contributed by atoms with Crippen molar-refractivity contribution in [1.29, 1.82) is 0 Å². The van der Waals surface area contributed by atoms with Crippen LogP contribution >= 0.6 is 0 Å². The number of rotatable bonds is 4. The zero-order valence-electron chi connectivity index (χ0n) is 12.3. The predicted octanol–water partition coefficient (Wildman–Crippen LogP) is 1.96. The van der Waals surface area contributed by atoms with Crippen LogP contribution in [0.2, 0.25) is 0 Å². The minimum absolute atomic E-state index is 0.0630. The van der Waals surface area contributed by atoms with Gasteiger partial charge in [0.2, 0.25) is 5.91 Å². The van der Waals surface area contributed by atoms with Gasteiger partial charge in [0, 0.05) is 12.6 Å². The van der Waals surface area contributed by atoms with Crippen LogP contribution < -0.4 is 10.2 Å².